The molecule has 0 saturated carbocycles. The quantitative estimate of drug-likeness (QED) is 0.404. The van der Waals surface area contributed by atoms with Crippen molar-refractivity contribution >= 4 is 50.6 Å². The van der Waals surface area contributed by atoms with E-state index in [1.807, 2.05) is 48.5 Å². The van der Waals surface area contributed by atoms with Crippen molar-refractivity contribution in [1.29, 1.82) is 0 Å². The average molecular weight is 449 g/mol. The van der Waals surface area contributed by atoms with E-state index in [2.05, 4.69) is 21.2 Å². The molecule has 0 amide bonds. The molecule has 0 heterocycles. The van der Waals surface area contributed by atoms with Gasteiger partial charge in [-0.1, -0.05) is 51.3 Å². The Kier molecular flexibility index (Phi) is 6.36. The summed E-state index contributed by atoms with van der Waals surface area (Å²) in [6, 6.07) is 22.2. The zero-order valence-electron chi connectivity index (χ0n) is 13.8. The van der Waals surface area contributed by atoms with Crippen molar-refractivity contribution in [2.45, 2.75) is 12.5 Å². The molecule has 3 aromatic rings. The average Bonchev–Trinajstić information content (AvgIpc) is 2.64. The number of benzene rings is 3. The lowest BCUT2D eigenvalue weighted by molar-refractivity contribution is 0.0976. The van der Waals surface area contributed by atoms with Gasteiger partial charge in [-0.3, -0.25) is 4.79 Å². The number of hydrogen-bond acceptors (Lipinski definition) is 2. The lowest BCUT2D eigenvalue weighted by Gasteiger charge is -2.20. The van der Waals surface area contributed by atoms with Crippen molar-refractivity contribution in [2.24, 2.45) is 0 Å². The summed E-state index contributed by atoms with van der Waals surface area (Å²) in [6.07, 6.45) is 0.325. The molecule has 0 aliphatic carbocycles. The van der Waals surface area contributed by atoms with E-state index in [1.54, 1.807) is 24.3 Å². The Labute approximate surface area is 171 Å². The van der Waals surface area contributed by atoms with Gasteiger partial charge in [0.2, 0.25) is 0 Å². The van der Waals surface area contributed by atoms with Crippen molar-refractivity contribution in [2.75, 3.05) is 5.32 Å². The summed E-state index contributed by atoms with van der Waals surface area (Å²) in [5.41, 5.74) is 2.59. The summed E-state index contributed by atoms with van der Waals surface area (Å²) in [5.74, 6) is 0.0519. The lowest BCUT2D eigenvalue weighted by Crippen LogP contribution is -2.15. The topological polar surface area (TPSA) is 29.1 Å². The molecular formula is C21H16BrCl2NO. The van der Waals surface area contributed by atoms with Crippen LogP contribution < -0.4 is 5.32 Å². The molecule has 2 nitrogen and oxygen atoms in total. The Morgan fingerprint density at radius 1 is 0.846 bits per heavy atom. The van der Waals surface area contributed by atoms with Gasteiger partial charge in [0.25, 0.3) is 0 Å². The first-order valence-corrected chi connectivity index (χ1v) is 9.62. The molecule has 0 unspecified atom stereocenters. The van der Waals surface area contributed by atoms with Gasteiger partial charge in [-0.05, 0) is 66.2 Å². The summed E-state index contributed by atoms with van der Waals surface area (Å²) in [4.78, 5) is 12.7. The van der Waals surface area contributed by atoms with Crippen molar-refractivity contribution in [3.05, 3.63) is 98.4 Å². The van der Waals surface area contributed by atoms with E-state index in [4.69, 9.17) is 23.2 Å². The highest BCUT2D eigenvalue weighted by molar-refractivity contribution is 9.10. The van der Waals surface area contributed by atoms with Gasteiger partial charge >= 0.3 is 0 Å². The smallest absolute Gasteiger partial charge is 0.165 e. The molecule has 0 bridgehead atoms. The number of rotatable bonds is 6. The van der Waals surface area contributed by atoms with Crippen LogP contribution in [0.15, 0.2) is 77.3 Å². The third-order valence-corrected chi connectivity index (χ3v) is 5.05. The van der Waals surface area contributed by atoms with Crippen LogP contribution in [0.3, 0.4) is 0 Å². The van der Waals surface area contributed by atoms with Crippen LogP contribution in [0, 0.1) is 0 Å². The van der Waals surface area contributed by atoms with Crippen LogP contribution >= 0.6 is 39.1 Å². The third kappa shape index (κ3) is 5.10. The largest absolute Gasteiger partial charge is 0.378 e. The molecule has 0 fully saturated rings. The Morgan fingerprint density at radius 2 is 1.38 bits per heavy atom. The zero-order chi connectivity index (χ0) is 18.5. The Hall–Kier alpha value is -1.81. The Balaban J connectivity index is 1.84. The van der Waals surface area contributed by atoms with Crippen LogP contribution in [0.25, 0.3) is 0 Å². The van der Waals surface area contributed by atoms with Gasteiger partial charge in [-0.2, -0.15) is 0 Å². The second-order valence-corrected chi connectivity index (χ2v) is 7.68. The summed E-state index contributed by atoms with van der Waals surface area (Å²) >= 11 is 15.3. The number of Topliss-reactive ketones (excluding diaryl/α,β-unsaturated/α-hetero) is 1. The molecule has 0 saturated heterocycles. The monoisotopic (exact) mass is 447 g/mol. The van der Waals surface area contributed by atoms with Gasteiger partial charge < -0.3 is 5.32 Å². The van der Waals surface area contributed by atoms with Crippen LogP contribution in [-0.4, -0.2) is 5.78 Å². The number of anilines is 1. The Morgan fingerprint density at radius 3 is 1.96 bits per heavy atom. The minimum absolute atomic E-state index is 0.0519. The van der Waals surface area contributed by atoms with E-state index in [1.165, 1.54) is 0 Å². The van der Waals surface area contributed by atoms with Gasteiger partial charge in [0.05, 0.1) is 6.04 Å². The van der Waals surface area contributed by atoms with E-state index in [0.29, 0.717) is 22.0 Å². The van der Waals surface area contributed by atoms with Crippen molar-refractivity contribution in [3.8, 4) is 0 Å². The highest BCUT2D eigenvalue weighted by atomic mass is 79.9. The third-order valence-electron chi connectivity index (χ3n) is 4.01. The van der Waals surface area contributed by atoms with E-state index in [9.17, 15) is 4.79 Å². The van der Waals surface area contributed by atoms with E-state index in [-0.39, 0.29) is 11.8 Å². The first-order valence-electron chi connectivity index (χ1n) is 8.07. The molecule has 1 atom stereocenters. The van der Waals surface area contributed by atoms with Crippen molar-refractivity contribution in [3.63, 3.8) is 0 Å². The molecule has 3 aromatic carbocycles. The van der Waals surface area contributed by atoms with Gasteiger partial charge in [-0.25, -0.2) is 0 Å². The predicted octanol–water partition coefficient (Wildman–Crippen LogP) is 7.18. The normalized spacial score (nSPS) is 11.8. The maximum atomic E-state index is 12.7. The summed E-state index contributed by atoms with van der Waals surface area (Å²) in [5, 5.41) is 4.72. The fourth-order valence-corrected chi connectivity index (χ4v) is 3.15. The fourth-order valence-electron chi connectivity index (χ4n) is 2.63. The maximum absolute atomic E-state index is 12.7. The van der Waals surface area contributed by atoms with Crippen molar-refractivity contribution < 1.29 is 4.79 Å². The highest BCUT2D eigenvalue weighted by Crippen LogP contribution is 2.27. The van der Waals surface area contributed by atoms with Crippen LogP contribution in [0.5, 0.6) is 0 Å². The first-order chi connectivity index (χ1) is 12.5. The molecule has 0 aliphatic rings. The van der Waals surface area contributed by atoms with Crippen LogP contribution in [-0.2, 0) is 0 Å². The molecular weight excluding hydrogens is 433 g/mol. The number of nitrogens with one attached hydrogen (secondary N) is 1. The van der Waals surface area contributed by atoms with Gasteiger partial charge in [-0.15, -0.1) is 0 Å². The molecule has 1 N–H and O–H groups in total. The van der Waals surface area contributed by atoms with E-state index >= 15 is 0 Å². The molecule has 5 heteroatoms. The van der Waals surface area contributed by atoms with Crippen LogP contribution in [0.1, 0.15) is 28.4 Å². The first kappa shape index (κ1) is 19.0. The standard InChI is InChI=1S/C21H16BrCl2NO/c22-16-5-1-14(2-6-16)20(25-19-11-9-18(24)10-12-19)13-21(26)15-3-7-17(23)8-4-15/h1-12,20,25H,13H2/t20-/m1/s1. The van der Waals surface area contributed by atoms with Crippen LogP contribution in [0.2, 0.25) is 10.0 Å². The van der Waals surface area contributed by atoms with Crippen molar-refractivity contribution in [1.82, 2.24) is 0 Å². The summed E-state index contributed by atoms with van der Waals surface area (Å²) in [6.45, 7) is 0. The number of halogens is 3. The number of ketones is 1. The molecule has 0 aromatic heterocycles. The summed E-state index contributed by atoms with van der Waals surface area (Å²) < 4.78 is 0.996. The molecule has 132 valence electrons. The molecule has 0 spiro atoms. The minimum atomic E-state index is -0.160. The molecule has 0 radical (unpaired) electrons. The highest BCUT2D eigenvalue weighted by Gasteiger charge is 2.17. The molecule has 26 heavy (non-hydrogen) atoms. The van der Waals surface area contributed by atoms with Gasteiger partial charge in [0.15, 0.2) is 5.78 Å². The van der Waals surface area contributed by atoms with Gasteiger partial charge in [0.1, 0.15) is 0 Å². The second kappa shape index (κ2) is 8.72. The summed E-state index contributed by atoms with van der Waals surface area (Å²) in [7, 11) is 0. The number of carbonyl (C=O) groups is 1. The predicted molar refractivity (Wildman–Crippen MR) is 112 cm³/mol. The van der Waals surface area contributed by atoms with Gasteiger partial charge in [0, 0.05) is 32.2 Å². The van der Waals surface area contributed by atoms with E-state index < -0.39 is 0 Å². The fraction of sp³-hybridized carbons (Fsp3) is 0.0952. The Bertz CT molecular complexity index is 877. The second-order valence-electron chi connectivity index (χ2n) is 5.89. The lowest BCUT2D eigenvalue weighted by atomic mass is 9.97. The number of hydrogen-bond donors (Lipinski definition) is 1. The minimum Gasteiger partial charge on any atom is -0.378 e. The molecule has 0 aliphatic heterocycles. The van der Waals surface area contributed by atoms with Crippen LogP contribution in [0.4, 0.5) is 5.69 Å². The maximum Gasteiger partial charge on any atom is 0.165 e. The SMILES string of the molecule is O=C(C[C@@H](Nc1ccc(Cl)cc1)c1ccc(Br)cc1)c1ccc(Cl)cc1. The number of carbonyl (C=O) groups excluding carboxylic acids is 1. The van der Waals surface area contributed by atoms with E-state index in [0.717, 1.165) is 15.7 Å². The zero-order valence-corrected chi connectivity index (χ0v) is 16.9. The molecule has 3 rings (SSSR count).